The minimum Gasteiger partial charge on any atom is -0.305 e. The van der Waals surface area contributed by atoms with Crippen LogP contribution in [-0.2, 0) is 6.42 Å². The molecule has 250 valence electrons. The highest BCUT2D eigenvalue weighted by molar-refractivity contribution is 6.05. The third-order valence-electron chi connectivity index (χ3n) is 7.98. The molecule has 10 heteroatoms. The maximum atomic E-state index is 12.3. The zero-order valence-corrected chi connectivity index (χ0v) is 28.7. The summed E-state index contributed by atoms with van der Waals surface area (Å²) in [6.45, 7) is 13.8. The molecule has 0 bridgehead atoms. The van der Waals surface area contributed by atoms with E-state index in [2.05, 4.69) is 79.2 Å². The van der Waals surface area contributed by atoms with Crippen LogP contribution in [0, 0.1) is 27.7 Å². The van der Waals surface area contributed by atoms with E-state index in [1.165, 1.54) is 17.3 Å². The van der Waals surface area contributed by atoms with Gasteiger partial charge in [0.25, 0.3) is 11.8 Å². The monoisotopic (exact) mass is 662 g/mol. The quantitative estimate of drug-likeness (QED) is 0.167. The van der Waals surface area contributed by atoms with Crippen molar-refractivity contribution in [2.75, 3.05) is 10.6 Å². The number of hydrogen-bond donors (Lipinski definition) is 2. The lowest BCUT2D eigenvalue weighted by molar-refractivity contribution is 0.101. The van der Waals surface area contributed by atoms with Gasteiger partial charge in [-0.3, -0.25) is 29.5 Å². The maximum absolute atomic E-state index is 12.3. The van der Waals surface area contributed by atoms with E-state index in [0.29, 0.717) is 22.8 Å². The van der Waals surface area contributed by atoms with Crippen LogP contribution >= 0.6 is 0 Å². The van der Waals surface area contributed by atoms with Crippen LogP contribution in [0.3, 0.4) is 0 Å². The normalized spacial score (nSPS) is 10.4. The van der Waals surface area contributed by atoms with Crippen LogP contribution in [0.15, 0.2) is 105 Å². The lowest BCUT2D eigenvalue weighted by atomic mass is 10.0. The fourth-order valence-electron chi connectivity index (χ4n) is 5.14. The van der Waals surface area contributed by atoms with Gasteiger partial charge in [0.2, 0.25) is 0 Å². The van der Waals surface area contributed by atoms with Crippen LogP contribution < -0.4 is 10.6 Å². The third-order valence-corrected chi connectivity index (χ3v) is 7.98. The highest BCUT2D eigenvalue weighted by Gasteiger charge is 2.13. The molecule has 0 spiro atoms. The zero-order chi connectivity index (χ0) is 35.6. The Kier molecular flexibility index (Phi) is 11.3. The number of rotatable bonds is 8. The first-order valence-corrected chi connectivity index (χ1v) is 16.1. The number of nitrogens with zero attached hydrogens (tertiary/aromatic N) is 6. The van der Waals surface area contributed by atoms with Crippen molar-refractivity contribution < 1.29 is 9.59 Å². The molecule has 4 heterocycles. The number of hydrogen-bond acceptors (Lipinski definition) is 8. The van der Waals surface area contributed by atoms with E-state index in [9.17, 15) is 9.59 Å². The van der Waals surface area contributed by atoms with Crippen molar-refractivity contribution in [1.82, 2.24) is 29.9 Å². The van der Waals surface area contributed by atoms with Gasteiger partial charge in [-0.05, 0) is 80.6 Å². The van der Waals surface area contributed by atoms with Crippen LogP contribution in [0.5, 0.6) is 0 Å². The molecule has 6 aromatic rings. The second-order valence-corrected chi connectivity index (χ2v) is 11.7. The number of aromatic nitrogens is 6. The van der Waals surface area contributed by atoms with E-state index >= 15 is 0 Å². The molecule has 0 aliphatic heterocycles. The van der Waals surface area contributed by atoms with Crippen LogP contribution in [0.2, 0.25) is 0 Å². The number of anilines is 2. The Bertz CT molecular complexity index is 2150. The fraction of sp³-hybridized carbons (Fsp3) is 0.150. The van der Waals surface area contributed by atoms with Crippen molar-refractivity contribution in [2.45, 2.75) is 41.0 Å². The smallest absolute Gasteiger partial charge is 0.258 e. The van der Waals surface area contributed by atoms with Gasteiger partial charge in [-0.15, -0.1) is 0 Å². The molecule has 0 fully saturated rings. The molecule has 0 saturated carbocycles. The van der Waals surface area contributed by atoms with Crippen LogP contribution in [0.4, 0.5) is 11.6 Å². The molecule has 0 unspecified atom stereocenters. The Balaban J connectivity index is 0.000000194. The Hall–Kier alpha value is -6.42. The average molecular weight is 663 g/mol. The van der Waals surface area contributed by atoms with Gasteiger partial charge in [0.1, 0.15) is 0 Å². The summed E-state index contributed by atoms with van der Waals surface area (Å²) < 4.78 is 0. The van der Waals surface area contributed by atoms with Gasteiger partial charge in [0.15, 0.2) is 11.6 Å². The molecule has 10 nitrogen and oxygen atoms in total. The van der Waals surface area contributed by atoms with Gasteiger partial charge in [-0.2, -0.15) is 0 Å². The lowest BCUT2D eigenvalue weighted by Crippen LogP contribution is -2.14. The molecule has 2 N–H and O–H groups in total. The summed E-state index contributed by atoms with van der Waals surface area (Å²) in [5.74, 6) is 0.319. The SMILES string of the molecule is C=Cc1ccc(C)cc1-c1cnc(NC(=O)c2cnccc2C)cn1.CCc1ccc(C)cc1-c1cnc(NC(=O)c2cnccc2C)cn1. The topological polar surface area (TPSA) is 136 Å². The molecule has 0 aliphatic carbocycles. The summed E-state index contributed by atoms with van der Waals surface area (Å²) in [5, 5.41) is 5.51. The van der Waals surface area contributed by atoms with Crippen molar-refractivity contribution in [2.24, 2.45) is 0 Å². The van der Waals surface area contributed by atoms with Crippen molar-refractivity contribution in [3.63, 3.8) is 0 Å². The minimum atomic E-state index is -0.255. The van der Waals surface area contributed by atoms with Crippen molar-refractivity contribution in [3.8, 4) is 22.5 Å². The minimum absolute atomic E-state index is 0.238. The Morgan fingerprint density at radius 2 is 1.14 bits per heavy atom. The van der Waals surface area contributed by atoms with Crippen LogP contribution in [0.1, 0.15) is 61.0 Å². The lowest BCUT2D eigenvalue weighted by Gasteiger charge is -2.10. The summed E-state index contributed by atoms with van der Waals surface area (Å²) >= 11 is 0. The number of benzene rings is 2. The second-order valence-electron chi connectivity index (χ2n) is 11.7. The Labute approximate surface area is 291 Å². The molecule has 2 aromatic carbocycles. The molecule has 0 radical (unpaired) electrons. The molecule has 0 atom stereocenters. The first-order chi connectivity index (χ1) is 24.2. The predicted molar refractivity (Wildman–Crippen MR) is 198 cm³/mol. The van der Waals surface area contributed by atoms with E-state index in [4.69, 9.17) is 0 Å². The molecule has 4 aromatic heterocycles. The first kappa shape index (κ1) is 34.9. The van der Waals surface area contributed by atoms with Crippen molar-refractivity contribution in [3.05, 3.63) is 149 Å². The van der Waals surface area contributed by atoms with Gasteiger partial charge < -0.3 is 10.6 Å². The number of carbonyl (C=O) groups excluding carboxylic acids is 2. The number of aryl methyl sites for hydroxylation is 5. The molecule has 2 amide bonds. The Morgan fingerprint density at radius 3 is 1.60 bits per heavy atom. The van der Waals surface area contributed by atoms with Crippen molar-refractivity contribution in [1.29, 1.82) is 0 Å². The summed E-state index contributed by atoms with van der Waals surface area (Å²) in [6.07, 6.45) is 15.6. The molecular weight excluding hydrogens is 624 g/mol. The number of carbonyl (C=O) groups is 2. The summed E-state index contributed by atoms with van der Waals surface area (Å²) in [7, 11) is 0. The second kappa shape index (κ2) is 16.1. The van der Waals surface area contributed by atoms with Gasteiger partial charge in [0.05, 0.1) is 47.3 Å². The first-order valence-electron chi connectivity index (χ1n) is 16.1. The zero-order valence-electron chi connectivity index (χ0n) is 28.7. The Morgan fingerprint density at radius 1 is 0.640 bits per heavy atom. The van der Waals surface area contributed by atoms with E-state index in [1.807, 2.05) is 39.0 Å². The van der Waals surface area contributed by atoms with Gasteiger partial charge in [0, 0.05) is 35.9 Å². The van der Waals surface area contributed by atoms with Gasteiger partial charge in [-0.25, -0.2) is 9.97 Å². The number of amides is 2. The van der Waals surface area contributed by atoms with Crippen LogP contribution in [-0.4, -0.2) is 41.7 Å². The van der Waals surface area contributed by atoms with E-state index in [1.54, 1.807) is 61.6 Å². The molecule has 0 saturated heterocycles. The van der Waals surface area contributed by atoms with E-state index < -0.39 is 0 Å². The molecule has 50 heavy (non-hydrogen) atoms. The standard InChI is InChI=1S/C20H20N4O.C20H18N4O/c2*1-4-15-6-5-13(2)9-16(15)18-11-23-19(12-22-18)24-20(25)17-10-21-8-7-14(17)3/h5-12H,4H2,1-3H3,(H,23,24,25);4-12H,1H2,2-3H3,(H,23,24,25). The average Bonchev–Trinajstić information content (AvgIpc) is 3.13. The highest BCUT2D eigenvalue weighted by Crippen LogP contribution is 2.25. The number of pyridine rings is 2. The summed E-state index contributed by atoms with van der Waals surface area (Å²) in [6, 6.07) is 16.0. The summed E-state index contributed by atoms with van der Waals surface area (Å²) in [5.41, 5.74) is 10.9. The van der Waals surface area contributed by atoms with E-state index in [-0.39, 0.29) is 11.8 Å². The number of nitrogens with one attached hydrogen (secondary N) is 2. The largest absolute Gasteiger partial charge is 0.305 e. The van der Waals surface area contributed by atoms with Crippen molar-refractivity contribution >= 4 is 29.5 Å². The predicted octanol–water partition coefficient (Wildman–Crippen LogP) is 8.02. The molecule has 0 aliphatic rings. The van der Waals surface area contributed by atoms with Gasteiger partial charge >= 0.3 is 0 Å². The maximum Gasteiger partial charge on any atom is 0.258 e. The third kappa shape index (κ3) is 8.53. The van der Waals surface area contributed by atoms with E-state index in [0.717, 1.165) is 51.2 Å². The fourth-order valence-corrected chi connectivity index (χ4v) is 5.14. The van der Waals surface area contributed by atoms with Gasteiger partial charge in [-0.1, -0.05) is 55.0 Å². The summed E-state index contributed by atoms with van der Waals surface area (Å²) in [4.78, 5) is 50.1. The highest BCUT2D eigenvalue weighted by atomic mass is 16.2. The molecular formula is C40H38N8O2. The van der Waals surface area contributed by atoms with Crippen LogP contribution in [0.25, 0.3) is 28.6 Å². The molecule has 6 rings (SSSR count).